The zero-order valence-electron chi connectivity index (χ0n) is 10.5. The molecule has 0 aliphatic rings. The van der Waals surface area contributed by atoms with Gasteiger partial charge in [0.1, 0.15) is 11.5 Å². The van der Waals surface area contributed by atoms with Crippen LogP contribution < -0.4 is 11.5 Å². The Morgan fingerprint density at radius 2 is 1.90 bits per heavy atom. The van der Waals surface area contributed by atoms with Gasteiger partial charge in [0.15, 0.2) is 5.84 Å². The van der Waals surface area contributed by atoms with Gasteiger partial charge in [-0.05, 0) is 30.3 Å². The van der Waals surface area contributed by atoms with Crippen molar-refractivity contribution < 1.29 is 17.6 Å². The van der Waals surface area contributed by atoms with Crippen LogP contribution in [-0.4, -0.2) is 10.8 Å². The Balaban J connectivity index is 2.46. The van der Waals surface area contributed by atoms with Crippen LogP contribution in [-0.2, 0) is 6.18 Å². The molecule has 0 saturated heterocycles. The maximum atomic E-state index is 13.2. The lowest BCUT2D eigenvalue weighted by Gasteiger charge is -2.08. The number of nitrogens with two attached hydrogens (primary N) is 2. The first-order valence-electron chi connectivity index (χ1n) is 5.70. The van der Waals surface area contributed by atoms with Crippen LogP contribution in [0.15, 0.2) is 41.5 Å². The summed E-state index contributed by atoms with van der Waals surface area (Å²) in [5.41, 5.74) is 10.2. The number of hydrogen-bond acceptors (Lipinski definition) is 3. The molecule has 1 heterocycles. The van der Waals surface area contributed by atoms with Gasteiger partial charge in [-0.3, -0.25) is 4.98 Å². The molecule has 0 unspecified atom stereocenters. The summed E-state index contributed by atoms with van der Waals surface area (Å²) in [5.74, 6) is -1.27. The van der Waals surface area contributed by atoms with Gasteiger partial charge in [0.2, 0.25) is 0 Å². The van der Waals surface area contributed by atoms with Crippen molar-refractivity contribution in [3.63, 3.8) is 0 Å². The van der Waals surface area contributed by atoms with Crippen molar-refractivity contribution in [3.05, 3.63) is 53.6 Å². The summed E-state index contributed by atoms with van der Waals surface area (Å²) in [6.07, 6.45) is -3.27. The zero-order chi connectivity index (χ0) is 15.6. The summed E-state index contributed by atoms with van der Waals surface area (Å²) < 4.78 is 51.0. The Labute approximate surface area is 117 Å². The predicted molar refractivity (Wildman–Crippen MR) is 70.4 cm³/mol. The summed E-state index contributed by atoms with van der Waals surface area (Å²) in [6.45, 7) is 0. The fourth-order valence-electron chi connectivity index (χ4n) is 1.63. The van der Waals surface area contributed by atoms with Crippen LogP contribution in [0.25, 0.3) is 0 Å². The van der Waals surface area contributed by atoms with Crippen LogP contribution in [0.3, 0.4) is 0 Å². The normalized spacial score (nSPS) is 12.5. The number of benzene rings is 1. The molecular weight excluding hydrogens is 288 g/mol. The van der Waals surface area contributed by atoms with E-state index in [0.717, 1.165) is 6.07 Å². The van der Waals surface area contributed by atoms with Gasteiger partial charge in [0.25, 0.3) is 0 Å². The number of hydrogen-bond donors (Lipinski definition) is 2. The molecule has 0 aliphatic heterocycles. The van der Waals surface area contributed by atoms with E-state index in [-0.39, 0.29) is 22.9 Å². The lowest BCUT2D eigenvalue weighted by atomic mass is 10.2. The Kier molecular flexibility index (Phi) is 3.79. The molecule has 0 fully saturated rings. The number of alkyl halides is 3. The van der Waals surface area contributed by atoms with Crippen molar-refractivity contribution in [2.24, 2.45) is 10.7 Å². The predicted octanol–water partition coefficient (Wildman–Crippen LogP) is 2.86. The molecule has 8 heteroatoms. The second-order valence-corrected chi connectivity index (χ2v) is 4.13. The summed E-state index contributed by atoms with van der Waals surface area (Å²) >= 11 is 0. The van der Waals surface area contributed by atoms with E-state index in [1.54, 1.807) is 6.07 Å². The number of nitrogens with zero attached hydrogens (tertiary/aromatic N) is 2. The largest absolute Gasteiger partial charge is 0.416 e. The third-order valence-corrected chi connectivity index (χ3v) is 2.54. The monoisotopic (exact) mass is 298 g/mol. The molecule has 110 valence electrons. The number of aliphatic imine (C=N–C) groups is 1. The van der Waals surface area contributed by atoms with Gasteiger partial charge in [-0.2, -0.15) is 13.2 Å². The van der Waals surface area contributed by atoms with Crippen molar-refractivity contribution in [2.45, 2.75) is 6.18 Å². The third kappa shape index (κ3) is 3.47. The minimum Gasteiger partial charge on any atom is -0.397 e. The highest BCUT2D eigenvalue weighted by Crippen LogP contribution is 2.32. The second-order valence-electron chi connectivity index (χ2n) is 4.13. The molecule has 4 nitrogen and oxygen atoms in total. The van der Waals surface area contributed by atoms with Crippen LogP contribution in [0.2, 0.25) is 0 Å². The van der Waals surface area contributed by atoms with Crippen LogP contribution in [0.1, 0.15) is 11.3 Å². The molecule has 2 rings (SSSR count). The summed E-state index contributed by atoms with van der Waals surface area (Å²) in [5, 5.41) is 0. The van der Waals surface area contributed by atoms with Gasteiger partial charge < -0.3 is 11.5 Å². The molecule has 0 spiro atoms. The standard InChI is InChI=1S/C13H10F4N4/c14-8-4-7(13(15,16)17)5-9(6-8)21-12(19)11-10(18)2-1-3-20-11/h1-6H,18H2,(H2,19,21). The van der Waals surface area contributed by atoms with E-state index in [9.17, 15) is 17.6 Å². The number of rotatable bonds is 2. The Morgan fingerprint density at radius 3 is 2.52 bits per heavy atom. The fourth-order valence-corrected chi connectivity index (χ4v) is 1.63. The van der Waals surface area contributed by atoms with Crippen LogP contribution in [0.5, 0.6) is 0 Å². The van der Waals surface area contributed by atoms with Gasteiger partial charge in [-0.25, -0.2) is 9.38 Å². The molecule has 1 aromatic carbocycles. The highest BCUT2D eigenvalue weighted by molar-refractivity contribution is 6.01. The molecule has 0 bridgehead atoms. The zero-order valence-corrected chi connectivity index (χ0v) is 10.5. The number of anilines is 1. The van der Waals surface area contributed by atoms with Crippen molar-refractivity contribution in [1.29, 1.82) is 0 Å². The second kappa shape index (κ2) is 5.39. The first-order chi connectivity index (χ1) is 9.77. The van der Waals surface area contributed by atoms with Crippen molar-refractivity contribution in [3.8, 4) is 0 Å². The van der Waals surface area contributed by atoms with E-state index in [1.807, 2.05) is 0 Å². The topological polar surface area (TPSA) is 77.3 Å². The smallest absolute Gasteiger partial charge is 0.397 e. The molecule has 0 saturated carbocycles. The van der Waals surface area contributed by atoms with E-state index in [0.29, 0.717) is 12.1 Å². The molecule has 0 aliphatic carbocycles. The summed E-state index contributed by atoms with van der Waals surface area (Å²) in [4.78, 5) is 7.61. The number of amidine groups is 1. The number of nitrogen functional groups attached to an aromatic ring is 1. The molecule has 0 atom stereocenters. The van der Waals surface area contributed by atoms with E-state index < -0.39 is 17.6 Å². The lowest BCUT2D eigenvalue weighted by Crippen LogP contribution is -2.17. The summed E-state index contributed by atoms with van der Waals surface area (Å²) in [6, 6.07) is 4.98. The first-order valence-corrected chi connectivity index (χ1v) is 5.70. The SMILES string of the molecule is NC(=Nc1cc(F)cc(C(F)(F)F)c1)c1ncccc1N. The maximum absolute atomic E-state index is 13.2. The van der Waals surface area contributed by atoms with E-state index >= 15 is 0 Å². The van der Waals surface area contributed by atoms with E-state index in [1.165, 1.54) is 12.3 Å². The number of halogens is 4. The van der Waals surface area contributed by atoms with Crippen molar-refractivity contribution in [2.75, 3.05) is 5.73 Å². The minimum atomic E-state index is -4.68. The summed E-state index contributed by atoms with van der Waals surface area (Å²) in [7, 11) is 0. The van der Waals surface area contributed by atoms with E-state index in [4.69, 9.17) is 11.5 Å². The molecule has 2 aromatic rings. The Bertz CT molecular complexity index is 695. The highest BCUT2D eigenvalue weighted by atomic mass is 19.4. The Morgan fingerprint density at radius 1 is 1.19 bits per heavy atom. The fraction of sp³-hybridized carbons (Fsp3) is 0.0769. The van der Waals surface area contributed by atoms with Gasteiger partial charge in [-0.1, -0.05) is 0 Å². The van der Waals surface area contributed by atoms with E-state index in [2.05, 4.69) is 9.98 Å². The number of pyridine rings is 1. The average Bonchev–Trinajstić information content (AvgIpc) is 2.37. The molecule has 1 aromatic heterocycles. The minimum absolute atomic E-state index is 0.121. The van der Waals surface area contributed by atoms with Crippen LogP contribution in [0, 0.1) is 5.82 Å². The van der Waals surface area contributed by atoms with Gasteiger partial charge >= 0.3 is 6.18 Å². The van der Waals surface area contributed by atoms with Gasteiger partial charge in [-0.15, -0.1) is 0 Å². The highest BCUT2D eigenvalue weighted by Gasteiger charge is 2.31. The maximum Gasteiger partial charge on any atom is 0.416 e. The first kappa shape index (κ1) is 14.8. The van der Waals surface area contributed by atoms with Gasteiger partial charge in [0, 0.05) is 6.20 Å². The Hall–Kier alpha value is -2.64. The van der Waals surface area contributed by atoms with Crippen molar-refractivity contribution in [1.82, 2.24) is 4.98 Å². The lowest BCUT2D eigenvalue weighted by molar-refractivity contribution is -0.137. The number of aromatic nitrogens is 1. The van der Waals surface area contributed by atoms with Crippen LogP contribution in [0.4, 0.5) is 28.9 Å². The average molecular weight is 298 g/mol. The van der Waals surface area contributed by atoms with Crippen LogP contribution >= 0.6 is 0 Å². The van der Waals surface area contributed by atoms with Gasteiger partial charge in [0.05, 0.1) is 16.9 Å². The molecule has 21 heavy (non-hydrogen) atoms. The van der Waals surface area contributed by atoms with Crippen molar-refractivity contribution >= 4 is 17.2 Å². The molecular formula is C13H10F4N4. The molecule has 0 radical (unpaired) electrons. The quantitative estimate of drug-likeness (QED) is 0.508. The molecule has 0 amide bonds. The third-order valence-electron chi connectivity index (χ3n) is 2.54. The molecule has 4 N–H and O–H groups in total.